The molecule has 112 valence electrons. The summed E-state index contributed by atoms with van der Waals surface area (Å²) in [5.74, 6) is 0.426. The van der Waals surface area contributed by atoms with Crippen LogP contribution in [0.1, 0.15) is 39.2 Å². The molecule has 0 spiro atoms. The lowest BCUT2D eigenvalue weighted by Crippen LogP contribution is -2.40. The summed E-state index contributed by atoms with van der Waals surface area (Å²) >= 11 is 3.43. The first kappa shape index (κ1) is 17.0. The lowest BCUT2D eigenvalue weighted by atomic mass is 10.1. The van der Waals surface area contributed by atoms with E-state index in [1.807, 2.05) is 24.3 Å². The second-order valence-electron chi connectivity index (χ2n) is 5.09. The van der Waals surface area contributed by atoms with E-state index in [1.165, 1.54) is 0 Å². The first-order valence-corrected chi connectivity index (χ1v) is 8.13. The lowest BCUT2D eigenvalue weighted by Gasteiger charge is -2.25. The van der Waals surface area contributed by atoms with E-state index in [0.29, 0.717) is 6.61 Å². The maximum atomic E-state index is 11.9. The number of unbranched alkanes of at least 4 members (excludes halogenated alkanes) is 1. The molecular formula is C16H23BrO3. The van der Waals surface area contributed by atoms with Gasteiger partial charge >= 0.3 is 5.97 Å². The van der Waals surface area contributed by atoms with Gasteiger partial charge in [-0.05, 0) is 51.7 Å². The zero-order valence-corrected chi connectivity index (χ0v) is 14.0. The van der Waals surface area contributed by atoms with E-state index in [-0.39, 0.29) is 5.97 Å². The van der Waals surface area contributed by atoms with E-state index in [1.54, 1.807) is 20.8 Å². The van der Waals surface area contributed by atoms with Gasteiger partial charge in [0.2, 0.25) is 0 Å². The first-order chi connectivity index (χ1) is 9.51. The zero-order chi connectivity index (χ0) is 15.0. The zero-order valence-electron chi connectivity index (χ0n) is 12.4. The van der Waals surface area contributed by atoms with Crippen LogP contribution in [0.4, 0.5) is 0 Å². The standard InChI is InChI=1S/C16H23BrO3/c1-4-19-15(18)16(2,3)20-14-11-6-5-9-13(14)10-7-8-12-17/h5-6,9,11H,4,7-8,10,12H2,1-3H3. The second-order valence-corrected chi connectivity index (χ2v) is 5.88. The molecule has 4 heteroatoms. The SMILES string of the molecule is CCOC(=O)C(C)(C)Oc1ccccc1CCCCBr. The van der Waals surface area contributed by atoms with Crippen LogP contribution >= 0.6 is 15.9 Å². The van der Waals surface area contributed by atoms with Crippen molar-refractivity contribution in [2.45, 2.75) is 45.6 Å². The highest BCUT2D eigenvalue weighted by Crippen LogP contribution is 2.25. The fourth-order valence-corrected chi connectivity index (χ4v) is 2.24. The quantitative estimate of drug-likeness (QED) is 0.405. The predicted octanol–water partition coefficient (Wildman–Crippen LogP) is 4.12. The van der Waals surface area contributed by atoms with Gasteiger partial charge in [0.25, 0.3) is 0 Å². The Bertz CT molecular complexity index is 429. The van der Waals surface area contributed by atoms with E-state index in [2.05, 4.69) is 15.9 Å². The molecule has 1 rings (SSSR count). The van der Waals surface area contributed by atoms with Gasteiger partial charge < -0.3 is 9.47 Å². The number of halogens is 1. The van der Waals surface area contributed by atoms with Crippen LogP contribution in [0.5, 0.6) is 5.75 Å². The van der Waals surface area contributed by atoms with Gasteiger partial charge in [0.15, 0.2) is 5.60 Å². The smallest absolute Gasteiger partial charge is 0.349 e. The van der Waals surface area contributed by atoms with Gasteiger partial charge in [0.1, 0.15) is 5.75 Å². The molecule has 20 heavy (non-hydrogen) atoms. The second kappa shape index (κ2) is 8.30. The molecule has 3 nitrogen and oxygen atoms in total. The van der Waals surface area contributed by atoms with Crippen LogP contribution in [0.2, 0.25) is 0 Å². The predicted molar refractivity (Wildman–Crippen MR) is 84.5 cm³/mol. The maximum Gasteiger partial charge on any atom is 0.349 e. The van der Waals surface area contributed by atoms with Gasteiger partial charge in [-0.3, -0.25) is 0 Å². The van der Waals surface area contributed by atoms with Gasteiger partial charge in [-0.2, -0.15) is 0 Å². The van der Waals surface area contributed by atoms with Crippen LogP contribution in [-0.2, 0) is 16.0 Å². The third-order valence-corrected chi connectivity index (χ3v) is 3.50. The van der Waals surface area contributed by atoms with Gasteiger partial charge in [-0.1, -0.05) is 34.1 Å². The minimum atomic E-state index is -0.971. The maximum absolute atomic E-state index is 11.9. The highest BCUT2D eigenvalue weighted by Gasteiger charge is 2.32. The molecule has 1 aromatic carbocycles. The van der Waals surface area contributed by atoms with Crippen molar-refractivity contribution in [3.05, 3.63) is 29.8 Å². The molecule has 0 unspecified atom stereocenters. The number of hydrogen-bond donors (Lipinski definition) is 0. The Balaban J connectivity index is 2.78. The van der Waals surface area contributed by atoms with Crippen molar-refractivity contribution in [1.82, 2.24) is 0 Å². The Labute approximate surface area is 129 Å². The molecule has 0 radical (unpaired) electrons. The average Bonchev–Trinajstić information content (AvgIpc) is 2.41. The van der Waals surface area contributed by atoms with Crippen molar-refractivity contribution < 1.29 is 14.3 Å². The van der Waals surface area contributed by atoms with Gasteiger partial charge in [0, 0.05) is 5.33 Å². The number of esters is 1. The number of hydrogen-bond acceptors (Lipinski definition) is 3. The topological polar surface area (TPSA) is 35.5 Å². The Hall–Kier alpha value is -1.03. The van der Waals surface area contributed by atoms with Crippen molar-refractivity contribution in [3.63, 3.8) is 0 Å². The molecule has 0 amide bonds. The number of para-hydroxylation sites is 1. The number of benzene rings is 1. The molecule has 1 aromatic rings. The van der Waals surface area contributed by atoms with E-state index in [0.717, 1.165) is 35.9 Å². The minimum absolute atomic E-state index is 0.338. The fourth-order valence-electron chi connectivity index (χ4n) is 1.84. The summed E-state index contributed by atoms with van der Waals surface area (Å²) in [6.07, 6.45) is 3.15. The van der Waals surface area contributed by atoms with Crippen LogP contribution < -0.4 is 4.74 Å². The lowest BCUT2D eigenvalue weighted by molar-refractivity contribution is -0.158. The van der Waals surface area contributed by atoms with Crippen LogP contribution in [0.3, 0.4) is 0 Å². The van der Waals surface area contributed by atoms with Crippen molar-refractivity contribution in [2.24, 2.45) is 0 Å². The molecule has 0 bridgehead atoms. The summed E-state index contributed by atoms with van der Waals surface area (Å²) in [4.78, 5) is 11.9. The van der Waals surface area contributed by atoms with Crippen LogP contribution in [-0.4, -0.2) is 23.5 Å². The van der Waals surface area contributed by atoms with Gasteiger partial charge in [-0.15, -0.1) is 0 Å². The van der Waals surface area contributed by atoms with Gasteiger partial charge in [0.05, 0.1) is 6.61 Å². The first-order valence-electron chi connectivity index (χ1n) is 7.01. The number of aryl methyl sites for hydroxylation is 1. The monoisotopic (exact) mass is 342 g/mol. The Morgan fingerprint density at radius 3 is 2.60 bits per heavy atom. The molecule has 0 fully saturated rings. The molecule has 0 aliphatic rings. The van der Waals surface area contributed by atoms with Crippen LogP contribution in [0, 0.1) is 0 Å². The normalized spacial score (nSPS) is 11.2. The molecule has 0 heterocycles. The van der Waals surface area contributed by atoms with Crippen molar-refractivity contribution >= 4 is 21.9 Å². The van der Waals surface area contributed by atoms with E-state index in [9.17, 15) is 4.79 Å². The molecule has 0 atom stereocenters. The van der Waals surface area contributed by atoms with Crippen molar-refractivity contribution in [2.75, 3.05) is 11.9 Å². The summed E-state index contributed by atoms with van der Waals surface area (Å²) in [6.45, 7) is 5.63. The van der Waals surface area contributed by atoms with Crippen molar-refractivity contribution in [1.29, 1.82) is 0 Å². The summed E-state index contributed by atoms with van der Waals surface area (Å²) in [7, 11) is 0. The highest BCUT2D eigenvalue weighted by molar-refractivity contribution is 9.09. The third-order valence-electron chi connectivity index (χ3n) is 2.93. The summed E-state index contributed by atoms with van der Waals surface area (Å²) in [6, 6.07) is 7.87. The number of alkyl halides is 1. The number of rotatable bonds is 8. The average molecular weight is 343 g/mol. The largest absolute Gasteiger partial charge is 0.476 e. The molecule has 0 aromatic heterocycles. The molecule has 0 saturated heterocycles. The molecule has 0 aliphatic heterocycles. The molecular weight excluding hydrogens is 320 g/mol. The summed E-state index contributed by atoms with van der Waals surface area (Å²) in [5.41, 5.74) is 0.160. The number of carbonyl (C=O) groups is 1. The Morgan fingerprint density at radius 2 is 1.95 bits per heavy atom. The van der Waals surface area contributed by atoms with E-state index >= 15 is 0 Å². The highest BCUT2D eigenvalue weighted by atomic mass is 79.9. The minimum Gasteiger partial charge on any atom is -0.476 e. The third kappa shape index (κ3) is 5.16. The van der Waals surface area contributed by atoms with Crippen LogP contribution in [0.15, 0.2) is 24.3 Å². The summed E-state index contributed by atoms with van der Waals surface area (Å²) in [5, 5.41) is 1.00. The summed E-state index contributed by atoms with van der Waals surface area (Å²) < 4.78 is 10.9. The van der Waals surface area contributed by atoms with Crippen molar-refractivity contribution in [3.8, 4) is 5.75 Å². The Morgan fingerprint density at radius 1 is 1.25 bits per heavy atom. The van der Waals surface area contributed by atoms with Crippen LogP contribution in [0.25, 0.3) is 0 Å². The molecule has 0 saturated carbocycles. The fraction of sp³-hybridized carbons (Fsp3) is 0.562. The number of carbonyl (C=O) groups excluding carboxylic acids is 1. The number of ether oxygens (including phenoxy) is 2. The van der Waals surface area contributed by atoms with E-state index in [4.69, 9.17) is 9.47 Å². The molecule has 0 aliphatic carbocycles. The molecule has 0 N–H and O–H groups in total. The Kier molecular flexibility index (Phi) is 7.06. The van der Waals surface area contributed by atoms with E-state index < -0.39 is 5.60 Å². The van der Waals surface area contributed by atoms with Gasteiger partial charge in [-0.25, -0.2) is 4.79 Å².